The number of ketones is 1. The minimum absolute atomic E-state index is 0.000640. The van der Waals surface area contributed by atoms with Crippen LogP contribution < -0.4 is 10.3 Å². The predicted octanol–water partition coefficient (Wildman–Crippen LogP) is 4.82. The van der Waals surface area contributed by atoms with Crippen LogP contribution in [0.5, 0.6) is 5.75 Å². The molecule has 4 rings (SSSR count). The minimum atomic E-state index is -0.185. The molecule has 0 aliphatic rings. The van der Waals surface area contributed by atoms with Gasteiger partial charge in [-0.1, -0.05) is 30.0 Å². The molecular formula is C27H29N3O4S. The van der Waals surface area contributed by atoms with Gasteiger partial charge in [-0.15, -0.1) is 0 Å². The number of hydrogen-bond donors (Lipinski definition) is 0. The van der Waals surface area contributed by atoms with Crippen LogP contribution >= 0.6 is 11.8 Å². The molecule has 0 fully saturated rings. The highest BCUT2D eigenvalue weighted by atomic mass is 32.2. The Morgan fingerprint density at radius 1 is 1.06 bits per heavy atom. The van der Waals surface area contributed by atoms with Crippen molar-refractivity contribution in [2.45, 2.75) is 32.0 Å². The first-order chi connectivity index (χ1) is 16.9. The number of Topliss-reactive ketones (excluding diaryl/α,β-unsaturated/α-hetero) is 1. The molecule has 0 atom stereocenters. The molecule has 0 N–H and O–H groups in total. The average molecular weight is 492 g/mol. The van der Waals surface area contributed by atoms with E-state index in [4.69, 9.17) is 14.5 Å². The third-order valence-corrected chi connectivity index (χ3v) is 6.93. The van der Waals surface area contributed by atoms with Crippen LogP contribution in [-0.2, 0) is 11.3 Å². The fourth-order valence-electron chi connectivity index (χ4n) is 4.19. The fraction of sp³-hybridized carbons (Fsp3) is 0.296. The van der Waals surface area contributed by atoms with Crippen molar-refractivity contribution in [1.82, 2.24) is 14.1 Å². The Balaban J connectivity index is 1.67. The van der Waals surface area contributed by atoms with E-state index in [0.717, 1.165) is 24.4 Å². The molecule has 7 nitrogen and oxygen atoms in total. The SMILES string of the molecule is COCCCn1c(C)cc(C(=O)CSc2nc3ccccc3c(=O)n2-c2cccc(OC)c2)c1C. The number of aryl methyl sites for hydroxylation is 1. The summed E-state index contributed by atoms with van der Waals surface area (Å²) in [5.41, 5.74) is 3.74. The quantitative estimate of drug-likeness (QED) is 0.137. The van der Waals surface area contributed by atoms with Gasteiger partial charge in [-0.25, -0.2) is 4.98 Å². The molecule has 4 aromatic rings. The second kappa shape index (κ2) is 10.9. The van der Waals surface area contributed by atoms with E-state index in [1.807, 2.05) is 56.3 Å². The van der Waals surface area contributed by atoms with E-state index in [0.29, 0.717) is 39.7 Å². The first kappa shape index (κ1) is 24.8. The van der Waals surface area contributed by atoms with E-state index >= 15 is 0 Å². The highest BCUT2D eigenvalue weighted by Gasteiger charge is 2.19. The van der Waals surface area contributed by atoms with Gasteiger partial charge in [-0.2, -0.15) is 0 Å². The number of aromatic nitrogens is 3. The van der Waals surface area contributed by atoms with E-state index < -0.39 is 0 Å². The Kier molecular flexibility index (Phi) is 7.73. The van der Waals surface area contributed by atoms with Gasteiger partial charge in [0.1, 0.15) is 5.75 Å². The van der Waals surface area contributed by atoms with Crippen molar-refractivity contribution in [3.63, 3.8) is 0 Å². The third-order valence-electron chi connectivity index (χ3n) is 5.99. The summed E-state index contributed by atoms with van der Waals surface area (Å²) in [6.07, 6.45) is 0.878. The Morgan fingerprint density at radius 3 is 2.63 bits per heavy atom. The number of para-hydroxylation sites is 1. The maximum Gasteiger partial charge on any atom is 0.266 e. The standard InChI is InChI=1S/C27H29N3O4S/c1-18-15-23(19(2)29(18)13-8-14-33-3)25(31)17-35-27-28-24-12-6-5-11-22(24)26(32)30(27)20-9-7-10-21(16-20)34-4/h5-7,9-12,15-16H,8,13-14,17H2,1-4H3. The smallest absolute Gasteiger partial charge is 0.266 e. The van der Waals surface area contributed by atoms with Gasteiger partial charge in [-0.05, 0) is 50.6 Å². The average Bonchev–Trinajstić information content (AvgIpc) is 3.16. The molecule has 0 spiro atoms. The highest BCUT2D eigenvalue weighted by Crippen LogP contribution is 2.25. The van der Waals surface area contributed by atoms with Crippen LogP contribution in [0, 0.1) is 13.8 Å². The summed E-state index contributed by atoms with van der Waals surface area (Å²) >= 11 is 1.26. The van der Waals surface area contributed by atoms with E-state index in [1.54, 1.807) is 30.9 Å². The summed E-state index contributed by atoms with van der Waals surface area (Å²) in [5, 5.41) is 0.981. The topological polar surface area (TPSA) is 75.4 Å². The van der Waals surface area contributed by atoms with Crippen LogP contribution in [0.1, 0.15) is 28.2 Å². The minimum Gasteiger partial charge on any atom is -0.497 e. The fourth-order valence-corrected chi connectivity index (χ4v) is 5.08. The Bertz CT molecular complexity index is 1420. The van der Waals surface area contributed by atoms with Crippen LogP contribution in [-0.4, -0.2) is 46.5 Å². The molecule has 182 valence electrons. The highest BCUT2D eigenvalue weighted by molar-refractivity contribution is 7.99. The van der Waals surface area contributed by atoms with Crippen LogP contribution in [0.4, 0.5) is 0 Å². The van der Waals surface area contributed by atoms with Crippen LogP contribution in [0.25, 0.3) is 16.6 Å². The van der Waals surface area contributed by atoms with Crippen molar-refractivity contribution in [1.29, 1.82) is 0 Å². The van der Waals surface area contributed by atoms with Crippen molar-refractivity contribution in [3.8, 4) is 11.4 Å². The second-order valence-electron chi connectivity index (χ2n) is 8.25. The summed E-state index contributed by atoms with van der Waals surface area (Å²) < 4.78 is 14.2. The molecule has 2 heterocycles. The first-order valence-corrected chi connectivity index (χ1v) is 12.4. The number of thioether (sulfide) groups is 1. The van der Waals surface area contributed by atoms with Crippen LogP contribution in [0.2, 0.25) is 0 Å². The van der Waals surface area contributed by atoms with E-state index in [-0.39, 0.29) is 17.1 Å². The number of fused-ring (bicyclic) bond motifs is 1. The van der Waals surface area contributed by atoms with Gasteiger partial charge in [0.15, 0.2) is 10.9 Å². The number of benzene rings is 2. The van der Waals surface area contributed by atoms with Gasteiger partial charge >= 0.3 is 0 Å². The zero-order chi connectivity index (χ0) is 24.9. The van der Waals surface area contributed by atoms with Gasteiger partial charge in [-0.3, -0.25) is 14.2 Å². The molecule has 0 saturated carbocycles. The molecule has 0 radical (unpaired) electrons. The van der Waals surface area contributed by atoms with Crippen molar-refractivity contribution in [2.24, 2.45) is 0 Å². The van der Waals surface area contributed by atoms with Gasteiger partial charge in [0.2, 0.25) is 0 Å². The Morgan fingerprint density at radius 2 is 1.86 bits per heavy atom. The van der Waals surface area contributed by atoms with Crippen molar-refractivity contribution < 1.29 is 14.3 Å². The molecular weight excluding hydrogens is 462 g/mol. The van der Waals surface area contributed by atoms with Gasteiger partial charge < -0.3 is 14.0 Å². The largest absolute Gasteiger partial charge is 0.497 e. The molecule has 0 unspecified atom stereocenters. The van der Waals surface area contributed by atoms with Gasteiger partial charge in [0, 0.05) is 43.3 Å². The number of nitrogens with zero attached hydrogens (tertiary/aromatic N) is 3. The Hall–Kier alpha value is -3.36. The molecule has 0 aliphatic heterocycles. The van der Waals surface area contributed by atoms with Crippen molar-refractivity contribution in [2.75, 3.05) is 26.6 Å². The number of carbonyl (C=O) groups is 1. The summed E-state index contributed by atoms with van der Waals surface area (Å²) in [7, 11) is 3.27. The molecule has 0 aliphatic carbocycles. The third kappa shape index (κ3) is 5.18. The second-order valence-corrected chi connectivity index (χ2v) is 9.19. The predicted molar refractivity (Wildman–Crippen MR) is 139 cm³/mol. The summed E-state index contributed by atoms with van der Waals surface area (Å²) in [4.78, 5) is 31.4. The normalized spacial score (nSPS) is 11.2. The maximum absolute atomic E-state index is 13.5. The number of hydrogen-bond acceptors (Lipinski definition) is 6. The lowest BCUT2D eigenvalue weighted by Gasteiger charge is -2.14. The van der Waals surface area contributed by atoms with Gasteiger partial charge in [0.25, 0.3) is 5.56 Å². The molecule has 0 saturated heterocycles. The number of rotatable bonds is 10. The monoisotopic (exact) mass is 491 g/mol. The lowest BCUT2D eigenvalue weighted by Crippen LogP contribution is -2.22. The van der Waals surface area contributed by atoms with Crippen LogP contribution in [0.15, 0.2) is 64.5 Å². The summed E-state index contributed by atoms with van der Waals surface area (Å²) in [6, 6.07) is 16.5. The van der Waals surface area contributed by atoms with E-state index in [1.165, 1.54) is 11.8 Å². The van der Waals surface area contributed by atoms with Gasteiger partial charge in [0.05, 0.1) is 29.5 Å². The van der Waals surface area contributed by atoms with E-state index in [2.05, 4.69) is 4.57 Å². The first-order valence-electron chi connectivity index (χ1n) is 11.4. The number of methoxy groups -OCH3 is 2. The zero-order valence-corrected chi connectivity index (χ0v) is 21.2. The lowest BCUT2D eigenvalue weighted by atomic mass is 10.2. The zero-order valence-electron chi connectivity index (χ0n) is 20.4. The summed E-state index contributed by atoms with van der Waals surface area (Å²) in [6.45, 7) is 5.45. The van der Waals surface area contributed by atoms with Crippen LogP contribution in [0.3, 0.4) is 0 Å². The lowest BCUT2D eigenvalue weighted by molar-refractivity contribution is 0.102. The van der Waals surface area contributed by atoms with Crippen molar-refractivity contribution >= 4 is 28.4 Å². The van der Waals surface area contributed by atoms with E-state index in [9.17, 15) is 9.59 Å². The molecule has 2 aromatic carbocycles. The molecule has 0 amide bonds. The number of ether oxygens (including phenoxy) is 2. The molecule has 35 heavy (non-hydrogen) atoms. The maximum atomic E-state index is 13.5. The van der Waals surface area contributed by atoms with Crippen molar-refractivity contribution in [3.05, 3.63) is 81.9 Å². The summed E-state index contributed by atoms with van der Waals surface area (Å²) in [5.74, 6) is 0.799. The molecule has 8 heteroatoms. The molecule has 2 aromatic heterocycles. The number of carbonyl (C=O) groups excluding carboxylic acids is 1. The Labute approximate surface area is 208 Å². The molecule has 0 bridgehead atoms.